The Morgan fingerprint density at radius 3 is 3.05 bits per heavy atom. The first kappa shape index (κ1) is 11.6. The molecule has 3 rings (SSSR count). The summed E-state index contributed by atoms with van der Waals surface area (Å²) in [5, 5.41) is 2.84. The molecule has 0 saturated carbocycles. The monoisotopic (exact) mass is 257 g/mol. The van der Waals surface area contributed by atoms with Gasteiger partial charge < -0.3 is 20.8 Å². The number of rotatable bonds is 3. The highest BCUT2D eigenvalue weighted by Crippen LogP contribution is 2.27. The fourth-order valence-corrected chi connectivity index (χ4v) is 2.21. The van der Waals surface area contributed by atoms with E-state index in [1.54, 1.807) is 12.3 Å². The van der Waals surface area contributed by atoms with Gasteiger partial charge in [-0.25, -0.2) is 0 Å². The predicted octanol–water partition coefficient (Wildman–Crippen LogP) is 1.33. The van der Waals surface area contributed by atoms with Crippen LogP contribution in [-0.4, -0.2) is 23.5 Å². The molecule has 0 aliphatic carbocycles. The molecule has 1 unspecified atom stereocenters. The predicted molar refractivity (Wildman–Crippen MR) is 72.1 cm³/mol. The number of carbonyl (C=O) groups is 1. The minimum Gasteiger partial charge on any atom is -0.488 e. The fraction of sp³-hybridized carbons (Fsp3) is 0.214. The summed E-state index contributed by atoms with van der Waals surface area (Å²) in [6.07, 6.45) is 2.41. The number of aromatic nitrogens is 1. The number of nitrogens with one attached hydrogen (secondary N) is 2. The van der Waals surface area contributed by atoms with Crippen LogP contribution < -0.4 is 15.8 Å². The van der Waals surface area contributed by atoms with Crippen LogP contribution in [-0.2, 0) is 6.42 Å². The molecule has 1 atom stereocenters. The average Bonchev–Trinajstić information content (AvgIpc) is 3.01. The quantitative estimate of drug-likeness (QED) is 0.776. The van der Waals surface area contributed by atoms with Crippen molar-refractivity contribution in [1.29, 1.82) is 0 Å². The number of nitrogens with two attached hydrogens (primary N) is 1. The van der Waals surface area contributed by atoms with Gasteiger partial charge in [0.25, 0.3) is 5.91 Å². The molecule has 0 spiro atoms. The van der Waals surface area contributed by atoms with Crippen molar-refractivity contribution in [3.05, 3.63) is 47.8 Å². The maximum absolute atomic E-state index is 11.8. The van der Waals surface area contributed by atoms with E-state index in [9.17, 15) is 4.79 Å². The highest BCUT2D eigenvalue weighted by atomic mass is 16.5. The molecule has 0 radical (unpaired) electrons. The Bertz CT molecular complexity index is 581. The number of para-hydroxylation sites is 1. The molecule has 1 aliphatic rings. The summed E-state index contributed by atoms with van der Waals surface area (Å²) < 4.78 is 5.75. The number of hydrogen-bond acceptors (Lipinski definition) is 3. The Hall–Kier alpha value is -2.43. The van der Waals surface area contributed by atoms with Crippen LogP contribution in [0.2, 0.25) is 0 Å². The number of hydrogen-bond donors (Lipinski definition) is 3. The lowest BCUT2D eigenvalue weighted by molar-refractivity contribution is 0.0929. The van der Waals surface area contributed by atoms with Crippen LogP contribution in [0.4, 0.5) is 5.69 Å². The van der Waals surface area contributed by atoms with Crippen LogP contribution in [0.25, 0.3) is 0 Å². The molecule has 5 nitrogen and oxygen atoms in total. The first-order valence-corrected chi connectivity index (χ1v) is 6.19. The molecule has 1 amide bonds. The van der Waals surface area contributed by atoms with E-state index in [1.165, 1.54) is 5.56 Å². The van der Waals surface area contributed by atoms with Crippen LogP contribution in [0.5, 0.6) is 5.75 Å². The molecular weight excluding hydrogens is 242 g/mol. The van der Waals surface area contributed by atoms with Crippen molar-refractivity contribution >= 4 is 11.6 Å². The zero-order valence-electron chi connectivity index (χ0n) is 10.3. The summed E-state index contributed by atoms with van der Waals surface area (Å²) in [6, 6.07) is 9.54. The lowest BCUT2D eigenvalue weighted by Gasteiger charge is -2.11. The fourth-order valence-electron chi connectivity index (χ4n) is 2.21. The molecule has 2 heterocycles. The van der Waals surface area contributed by atoms with Crippen LogP contribution in [0.3, 0.4) is 0 Å². The number of H-pyrrole nitrogens is 1. The highest BCUT2D eigenvalue weighted by Gasteiger charge is 2.22. The van der Waals surface area contributed by atoms with Gasteiger partial charge in [0.1, 0.15) is 17.5 Å². The van der Waals surface area contributed by atoms with Gasteiger partial charge in [-0.3, -0.25) is 4.79 Å². The van der Waals surface area contributed by atoms with E-state index in [1.807, 2.05) is 24.3 Å². The second-order valence-electron chi connectivity index (χ2n) is 4.61. The van der Waals surface area contributed by atoms with E-state index < -0.39 is 0 Å². The molecule has 1 aromatic heterocycles. The smallest absolute Gasteiger partial charge is 0.267 e. The maximum Gasteiger partial charge on any atom is 0.267 e. The minimum absolute atomic E-state index is 0.00587. The molecule has 0 saturated heterocycles. The second kappa shape index (κ2) is 4.68. The lowest BCUT2D eigenvalue weighted by Crippen LogP contribution is -2.34. The van der Waals surface area contributed by atoms with Crippen molar-refractivity contribution in [2.45, 2.75) is 12.5 Å². The van der Waals surface area contributed by atoms with Gasteiger partial charge in [0, 0.05) is 18.3 Å². The van der Waals surface area contributed by atoms with Crippen LogP contribution in [0.1, 0.15) is 16.1 Å². The van der Waals surface area contributed by atoms with E-state index in [2.05, 4.69) is 10.3 Å². The molecule has 2 aromatic rings. The lowest BCUT2D eigenvalue weighted by atomic mass is 10.1. The van der Waals surface area contributed by atoms with E-state index in [4.69, 9.17) is 10.5 Å². The summed E-state index contributed by atoms with van der Waals surface area (Å²) in [5.41, 5.74) is 7.76. The van der Waals surface area contributed by atoms with Crippen molar-refractivity contribution in [3.63, 3.8) is 0 Å². The number of ether oxygens (including phenoxy) is 1. The van der Waals surface area contributed by atoms with Crippen molar-refractivity contribution < 1.29 is 9.53 Å². The van der Waals surface area contributed by atoms with Crippen molar-refractivity contribution in [1.82, 2.24) is 10.3 Å². The summed E-state index contributed by atoms with van der Waals surface area (Å²) >= 11 is 0. The molecule has 98 valence electrons. The SMILES string of the molecule is Nc1c[nH]c(C(=O)NCC2Cc3ccccc3O2)c1. The zero-order chi connectivity index (χ0) is 13.2. The maximum atomic E-state index is 11.8. The van der Waals surface area contributed by atoms with E-state index in [0.29, 0.717) is 17.9 Å². The molecule has 4 N–H and O–H groups in total. The van der Waals surface area contributed by atoms with Gasteiger partial charge in [-0.2, -0.15) is 0 Å². The molecule has 0 bridgehead atoms. The first-order chi connectivity index (χ1) is 9.22. The standard InChI is InChI=1S/C14H15N3O2/c15-10-6-12(16-7-10)14(18)17-8-11-5-9-3-1-2-4-13(9)19-11/h1-4,6-7,11,16H,5,8,15H2,(H,17,18). The second-order valence-corrected chi connectivity index (χ2v) is 4.61. The Morgan fingerprint density at radius 2 is 2.32 bits per heavy atom. The van der Waals surface area contributed by atoms with Crippen molar-refractivity contribution in [2.24, 2.45) is 0 Å². The van der Waals surface area contributed by atoms with Gasteiger partial charge >= 0.3 is 0 Å². The third-order valence-corrected chi connectivity index (χ3v) is 3.15. The zero-order valence-corrected chi connectivity index (χ0v) is 10.3. The van der Waals surface area contributed by atoms with Gasteiger partial charge in [-0.1, -0.05) is 18.2 Å². The van der Waals surface area contributed by atoms with Crippen LogP contribution in [0.15, 0.2) is 36.5 Å². The number of aromatic amines is 1. The number of benzene rings is 1. The molecule has 1 aliphatic heterocycles. The third kappa shape index (κ3) is 2.40. The Labute approximate surface area is 110 Å². The largest absolute Gasteiger partial charge is 0.488 e. The number of amides is 1. The number of carbonyl (C=O) groups excluding carboxylic acids is 1. The van der Waals surface area contributed by atoms with E-state index in [0.717, 1.165) is 12.2 Å². The molecule has 5 heteroatoms. The normalized spacial score (nSPS) is 16.7. The minimum atomic E-state index is -0.170. The highest BCUT2D eigenvalue weighted by molar-refractivity contribution is 5.93. The van der Waals surface area contributed by atoms with Gasteiger partial charge in [0.15, 0.2) is 0 Å². The molecule has 1 aromatic carbocycles. The first-order valence-electron chi connectivity index (χ1n) is 6.19. The number of fused-ring (bicyclic) bond motifs is 1. The average molecular weight is 257 g/mol. The number of nitrogen functional groups attached to an aromatic ring is 1. The van der Waals surface area contributed by atoms with E-state index >= 15 is 0 Å². The Balaban J connectivity index is 1.56. The summed E-state index contributed by atoms with van der Waals surface area (Å²) in [4.78, 5) is 14.7. The van der Waals surface area contributed by atoms with Gasteiger partial charge in [0.2, 0.25) is 0 Å². The van der Waals surface area contributed by atoms with E-state index in [-0.39, 0.29) is 12.0 Å². The van der Waals surface area contributed by atoms with Crippen LogP contribution >= 0.6 is 0 Å². The Kier molecular flexibility index (Phi) is 2.87. The van der Waals surface area contributed by atoms with Gasteiger partial charge in [-0.05, 0) is 17.7 Å². The topological polar surface area (TPSA) is 80.1 Å². The van der Waals surface area contributed by atoms with Gasteiger partial charge in [0.05, 0.1) is 6.54 Å². The molecular formula is C14H15N3O2. The molecule has 0 fully saturated rings. The van der Waals surface area contributed by atoms with Crippen molar-refractivity contribution in [3.8, 4) is 5.75 Å². The van der Waals surface area contributed by atoms with Crippen LogP contribution in [0, 0.1) is 0 Å². The number of anilines is 1. The van der Waals surface area contributed by atoms with Gasteiger partial charge in [-0.15, -0.1) is 0 Å². The Morgan fingerprint density at radius 1 is 1.47 bits per heavy atom. The molecule has 19 heavy (non-hydrogen) atoms. The third-order valence-electron chi connectivity index (χ3n) is 3.15. The summed E-state index contributed by atoms with van der Waals surface area (Å²) in [5.74, 6) is 0.738. The van der Waals surface area contributed by atoms with Crippen molar-refractivity contribution in [2.75, 3.05) is 12.3 Å². The summed E-state index contributed by atoms with van der Waals surface area (Å²) in [6.45, 7) is 0.479. The summed E-state index contributed by atoms with van der Waals surface area (Å²) in [7, 11) is 0.